The molecule has 1 aromatic carbocycles. The Balaban J connectivity index is 2.58. The van der Waals surface area contributed by atoms with Gasteiger partial charge in [0.2, 0.25) is 0 Å². The lowest BCUT2D eigenvalue weighted by molar-refractivity contribution is -0.386. The summed E-state index contributed by atoms with van der Waals surface area (Å²) in [5, 5.41) is 10.8. The van der Waals surface area contributed by atoms with E-state index in [0.717, 1.165) is 12.1 Å². The highest BCUT2D eigenvalue weighted by molar-refractivity contribution is 5.46. The molecule has 0 radical (unpaired) electrons. The maximum absolute atomic E-state index is 13.0. The number of nitro benzene ring substituents is 1. The number of hydrogen-bond donors (Lipinski definition) is 0. The molecule has 0 aliphatic carbocycles. The van der Waals surface area contributed by atoms with E-state index >= 15 is 0 Å². The lowest BCUT2D eigenvalue weighted by Gasteiger charge is -2.16. The third-order valence-electron chi connectivity index (χ3n) is 2.43. The van der Waals surface area contributed by atoms with Gasteiger partial charge >= 0.3 is 5.69 Å². The summed E-state index contributed by atoms with van der Waals surface area (Å²) >= 11 is 0. The van der Waals surface area contributed by atoms with Crippen molar-refractivity contribution in [2.24, 2.45) is 0 Å². The molecule has 6 nitrogen and oxygen atoms in total. The summed E-state index contributed by atoms with van der Waals surface area (Å²) < 4.78 is 28.9. The molecule has 7 heteroatoms. The molecule has 0 amide bonds. The van der Waals surface area contributed by atoms with Gasteiger partial charge in [-0.3, -0.25) is 10.1 Å². The van der Waals surface area contributed by atoms with Crippen molar-refractivity contribution in [2.75, 3.05) is 19.8 Å². The fraction of sp³-hybridized carbons (Fsp3) is 0.538. The van der Waals surface area contributed by atoms with E-state index < -0.39 is 22.7 Å². The van der Waals surface area contributed by atoms with Crippen LogP contribution >= 0.6 is 0 Å². The van der Waals surface area contributed by atoms with Crippen molar-refractivity contribution in [3.63, 3.8) is 0 Å². The van der Waals surface area contributed by atoms with Crippen LogP contribution < -0.4 is 4.74 Å². The molecule has 1 rings (SSSR count). The molecule has 112 valence electrons. The Morgan fingerprint density at radius 1 is 1.30 bits per heavy atom. The van der Waals surface area contributed by atoms with Crippen molar-refractivity contribution in [2.45, 2.75) is 26.6 Å². The highest BCUT2D eigenvalue weighted by atomic mass is 19.1. The maximum Gasteiger partial charge on any atom is 0.313 e. The van der Waals surface area contributed by atoms with E-state index in [1.54, 1.807) is 0 Å². The third-order valence-corrected chi connectivity index (χ3v) is 2.43. The van der Waals surface area contributed by atoms with Crippen LogP contribution in [-0.2, 0) is 9.47 Å². The van der Waals surface area contributed by atoms with Crippen LogP contribution in [0.4, 0.5) is 10.1 Å². The van der Waals surface area contributed by atoms with Gasteiger partial charge in [-0.1, -0.05) is 0 Å². The molecule has 0 N–H and O–H groups in total. The van der Waals surface area contributed by atoms with E-state index in [0.29, 0.717) is 19.6 Å². The van der Waals surface area contributed by atoms with E-state index in [-0.39, 0.29) is 12.4 Å². The van der Waals surface area contributed by atoms with Crippen LogP contribution in [0.3, 0.4) is 0 Å². The number of rotatable bonds is 9. The Hall–Kier alpha value is -1.73. The average molecular weight is 287 g/mol. The van der Waals surface area contributed by atoms with Gasteiger partial charge in [-0.05, 0) is 26.0 Å². The van der Waals surface area contributed by atoms with Crippen LogP contribution in [0.15, 0.2) is 18.2 Å². The summed E-state index contributed by atoms with van der Waals surface area (Å²) in [5.74, 6) is -0.645. The molecule has 0 bridgehead atoms. The summed E-state index contributed by atoms with van der Waals surface area (Å²) in [6.07, 6.45) is 0.0143. The van der Waals surface area contributed by atoms with Gasteiger partial charge in [0.05, 0.1) is 17.6 Å². The Bertz CT molecular complexity index is 435. The minimum Gasteiger partial charge on any atom is -0.487 e. The van der Waals surface area contributed by atoms with E-state index in [1.165, 1.54) is 6.07 Å². The van der Waals surface area contributed by atoms with E-state index in [1.807, 2.05) is 13.8 Å². The molecule has 0 aliphatic rings. The lowest BCUT2D eigenvalue weighted by Crippen LogP contribution is -2.20. The molecule has 20 heavy (non-hydrogen) atoms. The average Bonchev–Trinajstić information content (AvgIpc) is 2.40. The minimum atomic E-state index is -0.680. The van der Waals surface area contributed by atoms with E-state index in [2.05, 4.69) is 0 Å². The van der Waals surface area contributed by atoms with Crippen LogP contribution in [0, 0.1) is 15.9 Å². The van der Waals surface area contributed by atoms with Gasteiger partial charge in [0.25, 0.3) is 0 Å². The molecule has 1 aromatic rings. The van der Waals surface area contributed by atoms with E-state index in [4.69, 9.17) is 14.2 Å². The summed E-state index contributed by atoms with van der Waals surface area (Å²) in [6.45, 7) is 4.87. The first-order valence-corrected chi connectivity index (χ1v) is 6.38. The molecule has 0 spiro atoms. The van der Waals surface area contributed by atoms with Crippen LogP contribution in [0.25, 0.3) is 0 Å². The Morgan fingerprint density at radius 3 is 2.50 bits per heavy atom. The fourth-order valence-electron chi connectivity index (χ4n) is 1.61. The smallest absolute Gasteiger partial charge is 0.313 e. The standard InChI is InChI=1S/C13H18FNO5/c1-3-18-13(19-4-2)7-8-20-12-6-5-10(14)9-11(12)15(16)17/h5-6,9,13H,3-4,7-8H2,1-2H3. The number of benzene rings is 1. The second-order valence-corrected chi connectivity index (χ2v) is 3.85. The monoisotopic (exact) mass is 287 g/mol. The summed E-state index contributed by atoms with van der Waals surface area (Å²) in [6, 6.07) is 3.19. The molecule has 0 unspecified atom stereocenters. The summed E-state index contributed by atoms with van der Waals surface area (Å²) in [7, 11) is 0. The Labute approximate surface area is 116 Å². The van der Waals surface area contributed by atoms with Gasteiger partial charge in [-0.2, -0.15) is 0 Å². The third kappa shape index (κ3) is 5.10. The van der Waals surface area contributed by atoms with Gasteiger partial charge in [0.1, 0.15) is 5.82 Å². The normalized spacial score (nSPS) is 10.8. The largest absolute Gasteiger partial charge is 0.487 e. The van der Waals surface area contributed by atoms with Crippen molar-refractivity contribution >= 4 is 5.69 Å². The zero-order valence-corrected chi connectivity index (χ0v) is 11.5. The van der Waals surface area contributed by atoms with Gasteiger partial charge in [-0.15, -0.1) is 0 Å². The predicted molar refractivity (Wildman–Crippen MR) is 70.2 cm³/mol. The molecular formula is C13H18FNO5. The van der Waals surface area contributed by atoms with Crippen molar-refractivity contribution in [3.8, 4) is 5.75 Å². The zero-order chi connectivity index (χ0) is 15.0. The highest BCUT2D eigenvalue weighted by Gasteiger charge is 2.17. The molecule has 0 fully saturated rings. The second-order valence-electron chi connectivity index (χ2n) is 3.85. The van der Waals surface area contributed by atoms with Gasteiger partial charge < -0.3 is 14.2 Å². The molecule has 0 aliphatic heterocycles. The number of halogens is 1. The molecule has 0 heterocycles. The van der Waals surface area contributed by atoms with Gasteiger partial charge in [0, 0.05) is 19.6 Å². The number of nitrogens with zero attached hydrogens (tertiary/aromatic N) is 1. The Kier molecular flexibility index (Phi) is 6.89. The molecule has 0 saturated carbocycles. The fourth-order valence-corrected chi connectivity index (χ4v) is 1.61. The molecule has 0 saturated heterocycles. The van der Waals surface area contributed by atoms with Crippen LogP contribution in [0.1, 0.15) is 20.3 Å². The second kappa shape index (κ2) is 8.44. The SMILES string of the molecule is CCOC(CCOc1ccc(F)cc1[N+](=O)[O-])OCC. The number of nitro groups is 1. The molecule has 0 aromatic heterocycles. The predicted octanol–water partition coefficient (Wildman–Crippen LogP) is 2.90. The molecule has 0 atom stereocenters. The summed E-state index contributed by atoms with van der Waals surface area (Å²) in [4.78, 5) is 10.1. The van der Waals surface area contributed by atoms with Crippen LogP contribution in [0.5, 0.6) is 5.75 Å². The highest BCUT2D eigenvalue weighted by Crippen LogP contribution is 2.27. The topological polar surface area (TPSA) is 70.8 Å². The Morgan fingerprint density at radius 2 is 1.95 bits per heavy atom. The minimum absolute atomic E-state index is 0.0307. The van der Waals surface area contributed by atoms with Crippen molar-refractivity contribution in [1.29, 1.82) is 0 Å². The van der Waals surface area contributed by atoms with E-state index in [9.17, 15) is 14.5 Å². The van der Waals surface area contributed by atoms with Gasteiger partial charge in [-0.25, -0.2) is 4.39 Å². The first kappa shape index (κ1) is 16.3. The van der Waals surface area contributed by atoms with Gasteiger partial charge in [0.15, 0.2) is 12.0 Å². The van der Waals surface area contributed by atoms with Crippen molar-refractivity contribution < 1.29 is 23.5 Å². The first-order chi connectivity index (χ1) is 9.58. The maximum atomic E-state index is 13.0. The first-order valence-electron chi connectivity index (χ1n) is 6.38. The quantitative estimate of drug-likeness (QED) is 0.397. The molecular weight excluding hydrogens is 269 g/mol. The van der Waals surface area contributed by atoms with Crippen LogP contribution in [0.2, 0.25) is 0 Å². The van der Waals surface area contributed by atoms with Crippen LogP contribution in [-0.4, -0.2) is 31.0 Å². The van der Waals surface area contributed by atoms with Crippen molar-refractivity contribution in [3.05, 3.63) is 34.1 Å². The number of ether oxygens (including phenoxy) is 3. The zero-order valence-electron chi connectivity index (χ0n) is 11.5. The summed E-state index contributed by atoms with van der Waals surface area (Å²) in [5.41, 5.74) is -0.394. The van der Waals surface area contributed by atoms with Crippen molar-refractivity contribution in [1.82, 2.24) is 0 Å². The number of hydrogen-bond acceptors (Lipinski definition) is 5. The lowest BCUT2D eigenvalue weighted by atomic mass is 10.3.